The third-order valence-electron chi connectivity index (χ3n) is 4.89. The lowest BCUT2D eigenvalue weighted by Gasteiger charge is -2.18. The van der Waals surface area contributed by atoms with Gasteiger partial charge in [0.15, 0.2) is 0 Å². The Morgan fingerprint density at radius 1 is 1.17 bits per heavy atom. The molecule has 0 radical (unpaired) electrons. The fraction of sp³-hybridized carbons (Fsp3) is 0.130. The van der Waals surface area contributed by atoms with Gasteiger partial charge in [-0.25, -0.2) is 18.6 Å². The van der Waals surface area contributed by atoms with Crippen LogP contribution in [0.5, 0.6) is 5.75 Å². The molecule has 0 unspecified atom stereocenters. The first-order valence-electron chi connectivity index (χ1n) is 10.2. The van der Waals surface area contributed by atoms with E-state index in [9.17, 15) is 28.4 Å². The number of benzene rings is 3. The van der Waals surface area contributed by atoms with Crippen LogP contribution in [0.2, 0.25) is 0 Å². The van der Waals surface area contributed by atoms with Crippen LogP contribution in [0.1, 0.15) is 29.2 Å². The van der Waals surface area contributed by atoms with Crippen molar-refractivity contribution in [2.45, 2.75) is 24.3 Å². The van der Waals surface area contributed by atoms with Gasteiger partial charge in [0.05, 0.1) is 25.6 Å². The van der Waals surface area contributed by atoms with Crippen LogP contribution < -0.4 is 10.1 Å². The zero-order valence-corrected chi connectivity index (χ0v) is 21.4. The number of nitrogens with zero attached hydrogens (tertiary/aromatic N) is 2. The van der Waals surface area contributed by atoms with Crippen LogP contribution in [0.25, 0.3) is 0 Å². The Labute approximate surface area is 215 Å². The third kappa shape index (κ3) is 7.07. The van der Waals surface area contributed by atoms with E-state index in [1.807, 2.05) is 6.92 Å². The number of nitro groups is 1. The molecule has 3 rings (SSSR count). The van der Waals surface area contributed by atoms with Crippen LogP contribution in [-0.2, 0) is 14.8 Å². The summed E-state index contributed by atoms with van der Waals surface area (Å²) in [6, 6.07) is 16.7. The van der Waals surface area contributed by atoms with Gasteiger partial charge < -0.3 is 5.11 Å². The molecular formula is C23H21IN4O6S. The van der Waals surface area contributed by atoms with E-state index in [0.29, 0.717) is 11.1 Å². The molecule has 0 aromatic heterocycles. The number of hydrazone groups is 1. The lowest BCUT2D eigenvalue weighted by Crippen LogP contribution is -2.32. The van der Waals surface area contributed by atoms with Gasteiger partial charge in [-0.05, 0) is 53.3 Å². The van der Waals surface area contributed by atoms with E-state index in [1.165, 1.54) is 24.4 Å². The van der Waals surface area contributed by atoms with Crippen molar-refractivity contribution in [2.24, 2.45) is 5.10 Å². The monoisotopic (exact) mass is 608 g/mol. The van der Waals surface area contributed by atoms with Crippen molar-refractivity contribution in [1.82, 2.24) is 10.1 Å². The van der Waals surface area contributed by atoms with Gasteiger partial charge in [-0.3, -0.25) is 14.9 Å². The topological polar surface area (TPSA) is 151 Å². The first kappa shape index (κ1) is 26.2. The molecule has 0 heterocycles. The number of nitro benzene ring substituents is 1. The van der Waals surface area contributed by atoms with Gasteiger partial charge in [-0.15, -0.1) is 0 Å². The second-order valence-corrected chi connectivity index (χ2v) is 10.4. The van der Waals surface area contributed by atoms with Crippen molar-refractivity contribution in [1.29, 1.82) is 0 Å². The molecule has 182 valence electrons. The van der Waals surface area contributed by atoms with E-state index in [1.54, 1.807) is 65.1 Å². The van der Waals surface area contributed by atoms with Crippen molar-refractivity contribution in [3.05, 3.63) is 97.1 Å². The molecule has 0 aliphatic heterocycles. The van der Waals surface area contributed by atoms with E-state index >= 15 is 0 Å². The Bertz CT molecular complexity index is 1360. The number of nitrogens with one attached hydrogen (secondary N) is 2. The lowest BCUT2D eigenvalue weighted by molar-refractivity contribution is -0.386. The molecule has 35 heavy (non-hydrogen) atoms. The van der Waals surface area contributed by atoms with E-state index in [4.69, 9.17) is 0 Å². The molecular weight excluding hydrogens is 587 g/mol. The summed E-state index contributed by atoms with van der Waals surface area (Å²) in [5.74, 6) is -1.03. The minimum Gasteiger partial charge on any atom is -0.501 e. The zero-order valence-electron chi connectivity index (χ0n) is 18.4. The first-order valence-corrected chi connectivity index (χ1v) is 12.8. The van der Waals surface area contributed by atoms with E-state index in [-0.39, 0.29) is 14.9 Å². The largest absolute Gasteiger partial charge is 0.501 e. The molecule has 3 N–H and O–H groups in total. The normalized spacial score (nSPS) is 12.4. The molecule has 12 heteroatoms. The molecule has 0 fully saturated rings. The molecule has 0 bridgehead atoms. The highest BCUT2D eigenvalue weighted by Gasteiger charge is 2.24. The van der Waals surface area contributed by atoms with Crippen LogP contribution in [0.4, 0.5) is 5.69 Å². The Morgan fingerprint density at radius 3 is 2.46 bits per heavy atom. The minimum absolute atomic E-state index is 0.0750. The first-order chi connectivity index (χ1) is 16.6. The maximum Gasteiger partial charge on any atom is 0.312 e. The predicted molar refractivity (Wildman–Crippen MR) is 139 cm³/mol. The number of amides is 1. The fourth-order valence-electron chi connectivity index (χ4n) is 3.11. The van der Waals surface area contributed by atoms with Crippen molar-refractivity contribution < 1.29 is 23.2 Å². The number of carbonyl (C=O) groups is 1. The number of phenols is 1. The number of hydrogen-bond acceptors (Lipinski definition) is 7. The Hall–Kier alpha value is -3.36. The van der Waals surface area contributed by atoms with Crippen LogP contribution in [0.15, 0.2) is 76.7 Å². The number of phenolic OH excluding ortho intramolecular Hbond substituents is 1. The highest BCUT2D eigenvalue weighted by molar-refractivity contribution is 14.1. The molecule has 0 aliphatic rings. The van der Waals surface area contributed by atoms with Crippen molar-refractivity contribution >= 4 is 50.4 Å². The highest BCUT2D eigenvalue weighted by atomic mass is 127. The van der Waals surface area contributed by atoms with Gasteiger partial charge in [-0.2, -0.15) is 5.10 Å². The maximum atomic E-state index is 12.9. The second kappa shape index (κ2) is 11.4. The predicted octanol–water partition coefficient (Wildman–Crippen LogP) is 3.77. The summed E-state index contributed by atoms with van der Waals surface area (Å²) in [5.41, 5.74) is 3.61. The third-order valence-corrected chi connectivity index (χ3v) is 7.20. The van der Waals surface area contributed by atoms with E-state index < -0.39 is 38.3 Å². The maximum absolute atomic E-state index is 12.9. The fourth-order valence-corrected chi connectivity index (χ4v) is 4.97. The van der Waals surface area contributed by atoms with Crippen LogP contribution in [0.3, 0.4) is 0 Å². The second-order valence-electron chi connectivity index (χ2n) is 7.52. The molecule has 0 spiro atoms. The molecule has 3 aromatic rings. The van der Waals surface area contributed by atoms with Gasteiger partial charge in [0, 0.05) is 18.1 Å². The van der Waals surface area contributed by atoms with Gasteiger partial charge in [0.1, 0.15) is 0 Å². The van der Waals surface area contributed by atoms with Crippen LogP contribution in [-0.4, -0.2) is 30.6 Å². The number of aromatic hydroxyl groups is 1. The van der Waals surface area contributed by atoms with Gasteiger partial charge in [-0.1, -0.05) is 48.0 Å². The van der Waals surface area contributed by atoms with Gasteiger partial charge in [0.2, 0.25) is 21.7 Å². The number of carbonyl (C=O) groups excluding carboxylic acids is 1. The Morgan fingerprint density at radius 2 is 1.83 bits per heavy atom. The SMILES string of the molecule is Cc1ccc(S(=O)(=O)N[C@@H](CC(=O)N/N=C\c2cc(I)c(O)c([N+](=O)[O-])c2)c2ccccc2)cc1. The molecule has 1 atom stereocenters. The zero-order chi connectivity index (χ0) is 25.6. The van der Waals surface area contributed by atoms with Crippen LogP contribution in [0, 0.1) is 20.6 Å². The average Bonchev–Trinajstić information content (AvgIpc) is 2.81. The summed E-state index contributed by atoms with van der Waals surface area (Å²) in [6.45, 7) is 1.85. The highest BCUT2D eigenvalue weighted by Crippen LogP contribution is 2.31. The molecule has 1 amide bonds. The molecule has 0 saturated heterocycles. The van der Waals surface area contributed by atoms with Crippen molar-refractivity contribution in [3.8, 4) is 5.75 Å². The summed E-state index contributed by atoms with van der Waals surface area (Å²) >= 11 is 1.75. The molecule has 3 aromatic carbocycles. The van der Waals surface area contributed by atoms with Gasteiger partial charge in [0.25, 0.3) is 0 Å². The number of halogens is 1. The number of aryl methyl sites for hydroxylation is 1. The van der Waals surface area contributed by atoms with E-state index in [2.05, 4.69) is 15.2 Å². The number of rotatable bonds is 9. The van der Waals surface area contributed by atoms with Gasteiger partial charge >= 0.3 is 5.69 Å². The number of hydrogen-bond donors (Lipinski definition) is 3. The standard InChI is InChI=1S/C23H21IN4O6S/c1-15-7-9-18(10-8-15)35(33,34)27-20(17-5-3-2-4-6-17)13-22(29)26-25-14-16-11-19(24)23(30)21(12-16)28(31)32/h2-12,14,20,27,30H,13H2,1H3,(H,26,29)/b25-14-/t20-/m0/s1. The van der Waals surface area contributed by atoms with E-state index in [0.717, 1.165) is 11.6 Å². The van der Waals surface area contributed by atoms with Crippen LogP contribution >= 0.6 is 22.6 Å². The van der Waals surface area contributed by atoms with Crippen molar-refractivity contribution in [3.63, 3.8) is 0 Å². The molecule has 0 aliphatic carbocycles. The summed E-state index contributed by atoms with van der Waals surface area (Å²) in [7, 11) is -3.91. The molecule has 10 nitrogen and oxygen atoms in total. The summed E-state index contributed by atoms with van der Waals surface area (Å²) in [5, 5.41) is 24.7. The lowest BCUT2D eigenvalue weighted by atomic mass is 10.0. The Kier molecular flexibility index (Phi) is 8.53. The average molecular weight is 608 g/mol. The summed E-state index contributed by atoms with van der Waals surface area (Å²) in [6.07, 6.45) is 0.945. The molecule has 0 saturated carbocycles. The summed E-state index contributed by atoms with van der Waals surface area (Å²) < 4.78 is 28.6. The Balaban J connectivity index is 1.75. The number of sulfonamides is 1. The summed E-state index contributed by atoms with van der Waals surface area (Å²) in [4.78, 5) is 23.0. The van der Waals surface area contributed by atoms with Crippen molar-refractivity contribution in [2.75, 3.05) is 0 Å². The smallest absolute Gasteiger partial charge is 0.312 e. The minimum atomic E-state index is -3.91. The quantitative estimate of drug-likeness (QED) is 0.146.